The van der Waals surface area contributed by atoms with E-state index in [4.69, 9.17) is 5.84 Å². The average molecular weight is 333 g/mol. The summed E-state index contributed by atoms with van der Waals surface area (Å²) in [6.07, 6.45) is 0. The Hall–Kier alpha value is -1.16. The van der Waals surface area contributed by atoms with Gasteiger partial charge in [-0.1, -0.05) is 46.3 Å². The Morgan fingerprint density at radius 2 is 1.60 bits per heavy atom. The minimum atomic E-state index is 0.0143. The summed E-state index contributed by atoms with van der Waals surface area (Å²) in [6.45, 7) is 8.49. The molecular formula is C17H21BrN2. The SMILES string of the molecule is Cc1cccc(C(NN)c2cc(C)c(Br)c(C)c2)c1C. The second-order valence-electron chi connectivity index (χ2n) is 5.36. The third-order valence-electron chi connectivity index (χ3n) is 3.92. The van der Waals surface area contributed by atoms with Gasteiger partial charge in [0, 0.05) is 4.47 Å². The minimum absolute atomic E-state index is 0.0143. The first-order valence-electron chi connectivity index (χ1n) is 6.74. The van der Waals surface area contributed by atoms with E-state index in [1.807, 2.05) is 0 Å². The fraction of sp³-hybridized carbons (Fsp3) is 0.294. The predicted octanol–water partition coefficient (Wildman–Crippen LogP) is 4.24. The number of rotatable bonds is 3. The van der Waals surface area contributed by atoms with Crippen LogP contribution >= 0.6 is 15.9 Å². The van der Waals surface area contributed by atoms with Crippen LogP contribution in [0, 0.1) is 27.7 Å². The predicted molar refractivity (Wildman–Crippen MR) is 88.7 cm³/mol. The van der Waals surface area contributed by atoms with Gasteiger partial charge in [-0.3, -0.25) is 5.84 Å². The fourth-order valence-electron chi connectivity index (χ4n) is 2.60. The molecule has 0 amide bonds. The van der Waals surface area contributed by atoms with E-state index in [1.165, 1.54) is 33.4 Å². The van der Waals surface area contributed by atoms with Gasteiger partial charge in [0.05, 0.1) is 6.04 Å². The number of aryl methyl sites for hydroxylation is 3. The van der Waals surface area contributed by atoms with Crippen LogP contribution in [0.5, 0.6) is 0 Å². The average Bonchev–Trinajstić information content (AvgIpc) is 2.41. The first-order chi connectivity index (χ1) is 9.45. The molecule has 0 fully saturated rings. The maximum absolute atomic E-state index is 5.83. The normalized spacial score (nSPS) is 12.5. The molecule has 1 atom stereocenters. The maximum atomic E-state index is 5.83. The second-order valence-corrected chi connectivity index (χ2v) is 6.15. The fourth-order valence-corrected chi connectivity index (χ4v) is 2.83. The zero-order valence-corrected chi connectivity index (χ0v) is 14.0. The quantitative estimate of drug-likeness (QED) is 0.651. The summed E-state index contributed by atoms with van der Waals surface area (Å²) in [5.41, 5.74) is 10.4. The van der Waals surface area contributed by atoms with Crippen molar-refractivity contribution in [3.63, 3.8) is 0 Å². The van der Waals surface area contributed by atoms with Crippen molar-refractivity contribution in [1.82, 2.24) is 5.43 Å². The molecule has 1 unspecified atom stereocenters. The zero-order chi connectivity index (χ0) is 14.9. The highest BCUT2D eigenvalue weighted by Gasteiger charge is 2.17. The van der Waals surface area contributed by atoms with Gasteiger partial charge in [-0.05, 0) is 61.1 Å². The van der Waals surface area contributed by atoms with Crippen molar-refractivity contribution >= 4 is 15.9 Å². The molecule has 20 heavy (non-hydrogen) atoms. The lowest BCUT2D eigenvalue weighted by molar-refractivity contribution is 0.632. The van der Waals surface area contributed by atoms with E-state index in [9.17, 15) is 0 Å². The molecule has 2 aromatic rings. The van der Waals surface area contributed by atoms with Crippen LogP contribution in [0.3, 0.4) is 0 Å². The molecule has 0 aliphatic carbocycles. The van der Waals surface area contributed by atoms with Gasteiger partial charge in [0.25, 0.3) is 0 Å². The molecule has 2 rings (SSSR count). The van der Waals surface area contributed by atoms with Crippen molar-refractivity contribution in [2.75, 3.05) is 0 Å². The molecule has 3 heteroatoms. The van der Waals surface area contributed by atoms with Crippen LogP contribution in [0.1, 0.15) is 39.4 Å². The van der Waals surface area contributed by atoms with Gasteiger partial charge in [0.1, 0.15) is 0 Å². The lowest BCUT2D eigenvalue weighted by atomic mass is 9.91. The Morgan fingerprint density at radius 3 is 2.15 bits per heavy atom. The van der Waals surface area contributed by atoms with Crippen molar-refractivity contribution in [3.8, 4) is 0 Å². The summed E-state index contributed by atoms with van der Waals surface area (Å²) in [4.78, 5) is 0. The molecule has 0 aliphatic rings. The van der Waals surface area contributed by atoms with Gasteiger partial charge in [-0.15, -0.1) is 0 Å². The first kappa shape index (κ1) is 15.2. The first-order valence-corrected chi connectivity index (χ1v) is 7.54. The maximum Gasteiger partial charge on any atom is 0.0712 e. The highest BCUT2D eigenvalue weighted by atomic mass is 79.9. The summed E-state index contributed by atoms with van der Waals surface area (Å²) in [5.74, 6) is 5.83. The number of halogens is 1. The Bertz CT molecular complexity index is 612. The van der Waals surface area contributed by atoms with Crippen LogP contribution in [0.2, 0.25) is 0 Å². The third kappa shape index (κ3) is 2.80. The molecule has 0 heterocycles. The lowest BCUT2D eigenvalue weighted by Gasteiger charge is -2.21. The van der Waals surface area contributed by atoms with Crippen molar-refractivity contribution in [2.24, 2.45) is 5.84 Å². The zero-order valence-electron chi connectivity index (χ0n) is 12.4. The largest absolute Gasteiger partial charge is 0.271 e. The summed E-state index contributed by atoms with van der Waals surface area (Å²) in [7, 11) is 0. The van der Waals surface area contributed by atoms with Crippen LogP contribution in [0.4, 0.5) is 0 Å². The topological polar surface area (TPSA) is 38.0 Å². The molecule has 0 bridgehead atoms. The van der Waals surface area contributed by atoms with Crippen molar-refractivity contribution in [3.05, 3.63) is 68.2 Å². The van der Waals surface area contributed by atoms with Crippen molar-refractivity contribution in [1.29, 1.82) is 0 Å². The van der Waals surface area contributed by atoms with Gasteiger partial charge < -0.3 is 0 Å². The molecule has 2 nitrogen and oxygen atoms in total. The highest BCUT2D eigenvalue weighted by Crippen LogP contribution is 2.30. The molecule has 0 saturated carbocycles. The Balaban J connectivity index is 2.55. The van der Waals surface area contributed by atoms with Crippen LogP contribution in [0.15, 0.2) is 34.8 Å². The van der Waals surface area contributed by atoms with Gasteiger partial charge in [-0.2, -0.15) is 0 Å². The van der Waals surface area contributed by atoms with E-state index in [2.05, 4.69) is 79.4 Å². The van der Waals surface area contributed by atoms with Gasteiger partial charge in [0.2, 0.25) is 0 Å². The summed E-state index contributed by atoms with van der Waals surface area (Å²) >= 11 is 3.61. The lowest BCUT2D eigenvalue weighted by Crippen LogP contribution is -2.29. The smallest absolute Gasteiger partial charge is 0.0712 e. The van der Waals surface area contributed by atoms with Crippen LogP contribution in [-0.4, -0.2) is 0 Å². The molecule has 0 spiro atoms. The molecule has 0 saturated heterocycles. The Kier molecular flexibility index (Phi) is 4.63. The molecular weight excluding hydrogens is 312 g/mol. The molecule has 2 aromatic carbocycles. The van der Waals surface area contributed by atoms with Crippen molar-refractivity contribution in [2.45, 2.75) is 33.7 Å². The van der Waals surface area contributed by atoms with Crippen LogP contribution < -0.4 is 11.3 Å². The number of hydrazine groups is 1. The third-order valence-corrected chi connectivity index (χ3v) is 5.17. The van der Waals surface area contributed by atoms with Crippen LogP contribution in [-0.2, 0) is 0 Å². The molecule has 0 aromatic heterocycles. The van der Waals surface area contributed by atoms with E-state index in [-0.39, 0.29) is 6.04 Å². The number of nitrogens with one attached hydrogen (secondary N) is 1. The van der Waals surface area contributed by atoms with E-state index in [0.717, 1.165) is 4.47 Å². The monoisotopic (exact) mass is 332 g/mol. The Morgan fingerprint density at radius 1 is 1.00 bits per heavy atom. The molecule has 0 radical (unpaired) electrons. The van der Waals surface area contributed by atoms with E-state index >= 15 is 0 Å². The van der Waals surface area contributed by atoms with Crippen LogP contribution in [0.25, 0.3) is 0 Å². The number of benzene rings is 2. The van der Waals surface area contributed by atoms with Gasteiger partial charge in [-0.25, -0.2) is 5.43 Å². The van der Waals surface area contributed by atoms with E-state index in [1.54, 1.807) is 0 Å². The molecule has 106 valence electrons. The van der Waals surface area contributed by atoms with E-state index < -0.39 is 0 Å². The number of nitrogens with two attached hydrogens (primary N) is 1. The number of hydrogen-bond donors (Lipinski definition) is 2. The molecule has 0 aliphatic heterocycles. The van der Waals surface area contributed by atoms with E-state index in [0.29, 0.717) is 0 Å². The Labute approximate surface area is 129 Å². The molecule has 3 N–H and O–H groups in total. The summed E-state index contributed by atoms with van der Waals surface area (Å²) < 4.78 is 1.16. The van der Waals surface area contributed by atoms with Gasteiger partial charge >= 0.3 is 0 Å². The minimum Gasteiger partial charge on any atom is -0.271 e. The highest BCUT2D eigenvalue weighted by molar-refractivity contribution is 9.10. The standard InChI is InChI=1S/C17H21BrN2/c1-10-6-5-7-15(13(10)4)17(20-19)14-8-11(2)16(18)12(3)9-14/h5-9,17,20H,19H2,1-4H3. The van der Waals surface area contributed by atoms with Crippen molar-refractivity contribution < 1.29 is 0 Å². The summed E-state index contributed by atoms with van der Waals surface area (Å²) in [6, 6.07) is 10.7. The van der Waals surface area contributed by atoms with Gasteiger partial charge in [0.15, 0.2) is 0 Å². The summed E-state index contributed by atoms with van der Waals surface area (Å²) in [5, 5.41) is 0. The number of hydrogen-bond acceptors (Lipinski definition) is 2. The second kappa shape index (κ2) is 6.08.